The van der Waals surface area contributed by atoms with E-state index in [-0.39, 0.29) is 17.9 Å². The van der Waals surface area contributed by atoms with Crippen LogP contribution < -0.4 is 5.32 Å². The van der Waals surface area contributed by atoms with Crippen molar-refractivity contribution in [1.82, 2.24) is 10.2 Å². The monoisotopic (exact) mass is 240 g/mol. The summed E-state index contributed by atoms with van der Waals surface area (Å²) in [6.07, 6.45) is 3.62. The van der Waals surface area contributed by atoms with Crippen molar-refractivity contribution >= 4 is 11.9 Å². The van der Waals surface area contributed by atoms with E-state index in [0.717, 1.165) is 32.2 Å². The SMILES string of the molecule is CC1CCCN(C(=O)[C@H]2CCCN2)C1C(=O)O. The van der Waals surface area contributed by atoms with Gasteiger partial charge < -0.3 is 15.3 Å². The van der Waals surface area contributed by atoms with Crippen LogP contribution in [0.25, 0.3) is 0 Å². The van der Waals surface area contributed by atoms with Crippen molar-refractivity contribution in [3.8, 4) is 0 Å². The van der Waals surface area contributed by atoms with Crippen LogP contribution in [-0.2, 0) is 9.59 Å². The molecular weight excluding hydrogens is 220 g/mol. The predicted molar refractivity (Wildman–Crippen MR) is 62.6 cm³/mol. The van der Waals surface area contributed by atoms with E-state index >= 15 is 0 Å². The average molecular weight is 240 g/mol. The van der Waals surface area contributed by atoms with Crippen molar-refractivity contribution in [2.24, 2.45) is 5.92 Å². The molecule has 2 fully saturated rings. The first-order valence-corrected chi connectivity index (χ1v) is 6.38. The summed E-state index contributed by atoms with van der Waals surface area (Å²) < 4.78 is 0. The number of carbonyl (C=O) groups is 2. The Morgan fingerprint density at radius 2 is 2.06 bits per heavy atom. The van der Waals surface area contributed by atoms with E-state index in [2.05, 4.69) is 5.32 Å². The first-order chi connectivity index (χ1) is 8.11. The highest BCUT2D eigenvalue weighted by Crippen LogP contribution is 2.25. The minimum atomic E-state index is -0.872. The molecule has 0 aliphatic carbocycles. The molecule has 0 radical (unpaired) electrons. The molecule has 2 aliphatic heterocycles. The minimum Gasteiger partial charge on any atom is -0.480 e. The smallest absolute Gasteiger partial charge is 0.326 e. The van der Waals surface area contributed by atoms with E-state index < -0.39 is 12.0 Å². The standard InChI is InChI=1S/C12H20N2O3/c1-8-4-3-7-14(10(8)12(16)17)11(15)9-5-2-6-13-9/h8-10,13H,2-7H2,1H3,(H,16,17)/t8?,9-,10?/m1/s1. The van der Waals surface area contributed by atoms with Gasteiger partial charge in [-0.05, 0) is 38.1 Å². The number of rotatable bonds is 2. The van der Waals surface area contributed by atoms with E-state index in [9.17, 15) is 14.7 Å². The van der Waals surface area contributed by atoms with Gasteiger partial charge in [-0.3, -0.25) is 4.79 Å². The number of nitrogens with zero attached hydrogens (tertiary/aromatic N) is 1. The highest BCUT2D eigenvalue weighted by molar-refractivity contribution is 5.87. The number of likely N-dealkylation sites (tertiary alicyclic amines) is 1. The molecule has 0 spiro atoms. The molecule has 0 aromatic rings. The third-order valence-corrected chi connectivity index (χ3v) is 3.83. The topological polar surface area (TPSA) is 69.6 Å². The Morgan fingerprint density at radius 3 is 2.65 bits per heavy atom. The summed E-state index contributed by atoms with van der Waals surface area (Å²) >= 11 is 0. The molecule has 2 unspecified atom stereocenters. The molecule has 1 amide bonds. The zero-order chi connectivity index (χ0) is 12.4. The maximum atomic E-state index is 12.3. The van der Waals surface area contributed by atoms with Crippen molar-refractivity contribution in [1.29, 1.82) is 0 Å². The number of piperidine rings is 1. The predicted octanol–water partition coefficient (Wildman–Crippen LogP) is 0.450. The molecule has 2 heterocycles. The molecular formula is C12H20N2O3. The van der Waals surface area contributed by atoms with Gasteiger partial charge >= 0.3 is 5.97 Å². The van der Waals surface area contributed by atoms with E-state index in [0.29, 0.717) is 6.54 Å². The van der Waals surface area contributed by atoms with E-state index in [4.69, 9.17) is 0 Å². The molecule has 0 bridgehead atoms. The summed E-state index contributed by atoms with van der Waals surface area (Å²) in [6.45, 7) is 3.36. The van der Waals surface area contributed by atoms with Gasteiger partial charge in [-0.2, -0.15) is 0 Å². The molecule has 2 aliphatic rings. The Hall–Kier alpha value is -1.10. The molecule has 5 heteroatoms. The van der Waals surface area contributed by atoms with Crippen molar-refractivity contribution in [2.45, 2.75) is 44.7 Å². The first kappa shape index (κ1) is 12.4. The molecule has 0 saturated carbocycles. The number of amides is 1. The van der Waals surface area contributed by atoms with Crippen LogP contribution in [0, 0.1) is 5.92 Å². The van der Waals surface area contributed by atoms with Crippen LogP contribution in [0.1, 0.15) is 32.6 Å². The number of nitrogens with one attached hydrogen (secondary N) is 1. The lowest BCUT2D eigenvalue weighted by Gasteiger charge is -2.38. The number of carbonyl (C=O) groups excluding carboxylic acids is 1. The van der Waals surface area contributed by atoms with Crippen LogP contribution in [-0.4, -0.2) is 47.1 Å². The number of carboxylic acids is 1. The first-order valence-electron chi connectivity index (χ1n) is 6.38. The lowest BCUT2D eigenvalue weighted by molar-refractivity contribution is -0.155. The second-order valence-corrected chi connectivity index (χ2v) is 5.08. The van der Waals surface area contributed by atoms with Crippen LogP contribution in [0.4, 0.5) is 0 Å². The Morgan fingerprint density at radius 1 is 1.29 bits per heavy atom. The number of aliphatic carboxylic acids is 1. The lowest BCUT2D eigenvalue weighted by atomic mass is 9.90. The highest BCUT2D eigenvalue weighted by Gasteiger charge is 2.39. The van der Waals surface area contributed by atoms with E-state index in [1.807, 2.05) is 6.92 Å². The lowest BCUT2D eigenvalue weighted by Crippen LogP contribution is -2.56. The van der Waals surface area contributed by atoms with Crippen LogP contribution in [0.5, 0.6) is 0 Å². The summed E-state index contributed by atoms with van der Waals surface area (Å²) in [5.74, 6) is -0.850. The molecule has 2 saturated heterocycles. The van der Waals surface area contributed by atoms with Crippen molar-refractivity contribution in [3.05, 3.63) is 0 Å². The van der Waals surface area contributed by atoms with Crippen LogP contribution >= 0.6 is 0 Å². The van der Waals surface area contributed by atoms with Gasteiger partial charge in [-0.1, -0.05) is 6.92 Å². The maximum absolute atomic E-state index is 12.3. The van der Waals surface area contributed by atoms with E-state index in [1.165, 1.54) is 0 Å². The second kappa shape index (κ2) is 5.04. The number of carboxylic acid groups (broad SMARTS) is 1. The van der Waals surface area contributed by atoms with Crippen LogP contribution in [0.2, 0.25) is 0 Å². The summed E-state index contributed by atoms with van der Waals surface area (Å²) in [5, 5.41) is 12.4. The molecule has 0 aromatic carbocycles. The quantitative estimate of drug-likeness (QED) is 0.735. The van der Waals surface area contributed by atoms with Gasteiger partial charge in [0.15, 0.2) is 0 Å². The summed E-state index contributed by atoms with van der Waals surface area (Å²) in [5.41, 5.74) is 0. The molecule has 96 valence electrons. The van der Waals surface area contributed by atoms with Crippen molar-refractivity contribution in [3.63, 3.8) is 0 Å². The van der Waals surface area contributed by atoms with Gasteiger partial charge in [-0.25, -0.2) is 4.79 Å². The fraction of sp³-hybridized carbons (Fsp3) is 0.833. The maximum Gasteiger partial charge on any atom is 0.326 e. The Kier molecular flexibility index (Phi) is 3.66. The van der Waals surface area contributed by atoms with Crippen LogP contribution in [0.15, 0.2) is 0 Å². The molecule has 17 heavy (non-hydrogen) atoms. The highest BCUT2D eigenvalue weighted by atomic mass is 16.4. The normalized spacial score (nSPS) is 33.7. The van der Waals surface area contributed by atoms with Gasteiger partial charge in [0.1, 0.15) is 6.04 Å². The fourth-order valence-electron chi connectivity index (χ4n) is 2.91. The summed E-state index contributed by atoms with van der Waals surface area (Å²) in [6, 6.07) is -0.805. The van der Waals surface area contributed by atoms with Crippen molar-refractivity contribution in [2.75, 3.05) is 13.1 Å². The molecule has 2 N–H and O–H groups in total. The number of hydrogen-bond acceptors (Lipinski definition) is 3. The Balaban J connectivity index is 2.10. The summed E-state index contributed by atoms with van der Waals surface area (Å²) in [4.78, 5) is 25.1. The zero-order valence-corrected chi connectivity index (χ0v) is 10.2. The Labute approximate surface area is 101 Å². The summed E-state index contributed by atoms with van der Waals surface area (Å²) in [7, 11) is 0. The molecule has 0 aromatic heterocycles. The third kappa shape index (κ3) is 2.44. The van der Waals surface area contributed by atoms with Gasteiger partial charge in [0, 0.05) is 6.54 Å². The van der Waals surface area contributed by atoms with Gasteiger partial charge in [0.25, 0.3) is 0 Å². The van der Waals surface area contributed by atoms with Gasteiger partial charge in [0.05, 0.1) is 6.04 Å². The van der Waals surface area contributed by atoms with Gasteiger partial charge in [0.2, 0.25) is 5.91 Å². The van der Waals surface area contributed by atoms with Crippen molar-refractivity contribution < 1.29 is 14.7 Å². The average Bonchev–Trinajstić information content (AvgIpc) is 2.80. The number of hydrogen-bond donors (Lipinski definition) is 2. The largest absolute Gasteiger partial charge is 0.480 e. The Bertz CT molecular complexity index is 313. The zero-order valence-electron chi connectivity index (χ0n) is 10.2. The third-order valence-electron chi connectivity index (χ3n) is 3.83. The van der Waals surface area contributed by atoms with Gasteiger partial charge in [-0.15, -0.1) is 0 Å². The fourth-order valence-corrected chi connectivity index (χ4v) is 2.91. The van der Waals surface area contributed by atoms with Crippen LogP contribution in [0.3, 0.4) is 0 Å². The molecule has 2 rings (SSSR count). The minimum absolute atomic E-state index is 0.0264. The molecule has 5 nitrogen and oxygen atoms in total. The van der Waals surface area contributed by atoms with E-state index in [1.54, 1.807) is 4.90 Å². The second-order valence-electron chi connectivity index (χ2n) is 5.08. The molecule has 3 atom stereocenters.